The van der Waals surface area contributed by atoms with Crippen LogP contribution in [0.1, 0.15) is 20.7 Å². The molecule has 0 fully saturated rings. The molecule has 1 aliphatic carbocycles. The number of hydrogen-bond acceptors (Lipinski definition) is 4. The van der Waals surface area contributed by atoms with Gasteiger partial charge in [0.15, 0.2) is 17.5 Å². The summed E-state index contributed by atoms with van der Waals surface area (Å²) in [7, 11) is 0. The first-order chi connectivity index (χ1) is 6.63. The molecule has 14 heavy (non-hydrogen) atoms. The van der Waals surface area contributed by atoms with E-state index in [9.17, 15) is 14.4 Å². The van der Waals surface area contributed by atoms with Gasteiger partial charge in [-0.05, 0) is 6.07 Å². The first-order valence-electron chi connectivity index (χ1n) is 3.88. The molecule has 2 rings (SSSR count). The molecule has 0 aromatic carbocycles. The lowest BCUT2D eigenvalue weighted by atomic mass is 10.1. The number of carbonyl (C=O) groups excluding carboxylic acids is 2. The summed E-state index contributed by atoms with van der Waals surface area (Å²) < 4.78 is 0. The SMILES string of the molecule is O=C(O)C1C(=O)c2ccncc2C1=O. The summed E-state index contributed by atoms with van der Waals surface area (Å²) in [4.78, 5) is 37.1. The molecule has 0 amide bonds. The molecule has 0 radical (unpaired) electrons. The predicted molar refractivity (Wildman–Crippen MR) is 44.0 cm³/mol. The first-order valence-corrected chi connectivity index (χ1v) is 3.88. The highest BCUT2D eigenvalue weighted by atomic mass is 16.4. The minimum Gasteiger partial charge on any atom is -0.480 e. The van der Waals surface area contributed by atoms with E-state index in [1.165, 1.54) is 18.5 Å². The molecule has 5 nitrogen and oxygen atoms in total. The van der Waals surface area contributed by atoms with Crippen molar-refractivity contribution in [1.82, 2.24) is 4.98 Å². The zero-order chi connectivity index (χ0) is 10.3. The highest BCUT2D eigenvalue weighted by Crippen LogP contribution is 2.25. The summed E-state index contributed by atoms with van der Waals surface area (Å²) in [5, 5.41) is 8.66. The fourth-order valence-electron chi connectivity index (χ4n) is 1.46. The van der Waals surface area contributed by atoms with Crippen molar-refractivity contribution in [1.29, 1.82) is 0 Å². The number of ketones is 2. The zero-order valence-corrected chi connectivity index (χ0v) is 6.93. The Balaban J connectivity index is 2.59. The Hall–Kier alpha value is -2.04. The van der Waals surface area contributed by atoms with E-state index in [1.807, 2.05) is 0 Å². The van der Waals surface area contributed by atoms with Gasteiger partial charge < -0.3 is 5.11 Å². The van der Waals surface area contributed by atoms with Gasteiger partial charge in [-0.25, -0.2) is 0 Å². The molecule has 0 aliphatic heterocycles. The van der Waals surface area contributed by atoms with E-state index < -0.39 is 23.5 Å². The van der Waals surface area contributed by atoms with Gasteiger partial charge in [-0.15, -0.1) is 0 Å². The number of carbonyl (C=O) groups is 3. The number of fused-ring (bicyclic) bond motifs is 1. The third-order valence-corrected chi connectivity index (χ3v) is 2.12. The predicted octanol–water partition coefficient (Wildman–Crippen LogP) is 0.161. The molecule has 5 heteroatoms. The molecule has 0 saturated heterocycles. The number of Topliss-reactive ketones (excluding diaryl/α,β-unsaturated/α-hetero) is 2. The number of carboxylic acids is 1. The maximum absolute atomic E-state index is 11.4. The van der Waals surface area contributed by atoms with E-state index in [1.54, 1.807) is 0 Å². The van der Waals surface area contributed by atoms with Crippen LogP contribution in [-0.4, -0.2) is 27.6 Å². The largest absolute Gasteiger partial charge is 0.480 e. The molecule has 1 heterocycles. The molecule has 1 aromatic rings. The first kappa shape index (κ1) is 8.55. The summed E-state index contributed by atoms with van der Waals surface area (Å²) in [5.41, 5.74) is 0.252. The monoisotopic (exact) mass is 191 g/mol. The lowest BCUT2D eigenvalue weighted by molar-refractivity contribution is -0.138. The Morgan fingerprint density at radius 2 is 1.93 bits per heavy atom. The molecule has 1 unspecified atom stereocenters. The minimum atomic E-state index is -1.57. The fourth-order valence-corrected chi connectivity index (χ4v) is 1.46. The maximum Gasteiger partial charge on any atom is 0.322 e. The molecule has 1 aromatic heterocycles. The number of aromatic nitrogens is 1. The van der Waals surface area contributed by atoms with Crippen molar-refractivity contribution in [2.45, 2.75) is 0 Å². The third-order valence-electron chi connectivity index (χ3n) is 2.12. The van der Waals surface area contributed by atoms with E-state index in [0.717, 1.165) is 0 Å². The molecular weight excluding hydrogens is 186 g/mol. The van der Waals surface area contributed by atoms with E-state index >= 15 is 0 Å². The van der Waals surface area contributed by atoms with Crippen molar-refractivity contribution in [3.63, 3.8) is 0 Å². The molecule has 70 valence electrons. The van der Waals surface area contributed by atoms with Gasteiger partial charge in [-0.1, -0.05) is 0 Å². The van der Waals surface area contributed by atoms with E-state index in [-0.39, 0.29) is 11.1 Å². The molecular formula is C9H5NO4. The number of aliphatic carboxylic acids is 1. The number of nitrogens with zero attached hydrogens (tertiary/aromatic N) is 1. The third kappa shape index (κ3) is 0.953. The molecule has 0 bridgehead atoms. The average molecular weight is 191 g/mol. The highest BCUT2D eigenvalue weighted by molar-refractivity contribution is 6.34. The van der Waals surface area contributed by atoms with Crippen LogP contribution >= 0.6 is 0 Å². The lowest BCUT2D eigenvalue weighted by Crippen LogP contribution is -2.24. The van der Waals surface area contributed by atoms with Gasteiger partial charge in [0.2, 0.25) is 0 Å². The number of carboxylic acid groups (broad SMARTS) is 1. The van der Waals surface area contributed by atoms with Crippen LogP contribution in [0.15, 0.2) is 18.5 Å². The highest BCUT2D eigenvalue weighted by Gasteiger charge is 2.43. The standard InChI is InChI=1S/C9H5NO4/c11-7-4-1-2-10-3-5(4)8(12)6(7)9(13)14/h1-3,6H,(H,13,14). The molecule has 0 spiro atoms. The van der Waals surface area contributed by atoms with Gasteiger partial charge in [0, 0.05) is 23.5 Å². The number of hydrogen-bond donors (Lipinski definition) is 1. The minimum absolute atomic E-state index is 0.102. The van der Waals surface area contributed by atoms with Crippen LogP contribution in [0.3, 0.4) is 0 Å². The van der Waals surface area contributed by atoms with Crippen molar-refractivity contribution in [2.24, 2.45) is 5.92 Å². The molecule has 1 N–H and O–H groups in total. The molecule has 1 aliphatic rings. The molecule has 1 atom stereocenters. The van der Waals surface area contributed by atoms with E-state index in [0.29, 0.717) is 0 Å². The van der Waals surface area contributed by atoms with Crippen molar-refractivity contribution in [3.8, 4) is 0 Å². The number of rotatable bonds is 1. The van der Waals surface area contributed by atoms with Gasteiger partial charge >= 0.3 is 5.97 Å². The maximum atomic E-state index is 11.4. The summed E-state index contributed by atoms with van der Waals surface area (Å²) in [6.07, 6.45) is 2.58. The second kappa shape index (κ2) is 2.73. The van der Waals surface area contributed by atoms with Gasteiger partial charge in [-0.2, -0.15) is 0 Å². The topological polar surface area (TPSA) is 84.3 Å². The van der Waals surface area contributed by atoms with Crippen LogP contribution in [0.2, 0.25) is 0 Å². The van der Waals surface area contributed by atoms with Gasteiger partial charge in [0.1, 0.15) is 0 Å². The Bertz CT molecular complexity index is 417. The van der Waals surface area contributed by atoms with Crippen molar-refractivity contribution in [3.05, 3.63) is 29.6 Å². The van der Waals surface area contributed by atoms with Gasteiger partial charge in [0.05, 0.1) is 0 Å². The van der Waals surface area contributed by atoms with Crippen LogP contribution in [0.4, 0.5) is 0 Å². The Morgan fingerprint density at radius 1 is 1.29 bits per heavy atom. The van der Waals surface area contributed by atoms with Gasteiger partial charge in [-0.3, -0.25) is 19.4 Å². The van der Waals surface area contributed by atoms with E-state index in [4.69, 9.17) is 5.11 Å². The number of pyridine rings is 1. The summed E-state index contributed by atoms with van der Waals surface area (Å²) in [6.45, 7) is 0. The van der Waals surface area contributed by atoms with Crippen LogP contribution in [-0.2, 0) is 4.79 Å². The fraction of sp³-hybridized carbons (Fsp3) is 0.111. The summed E-state index contributed by atoms with van der Waals surface area (Å²) >= 11 is 0. The summed E-state index contributed by atoms with van der Waals surface area (Å²) in [5.74, 6) is -4.31. The Labute approximate surface area is 78.4 Å². The average Bonchev–Trinajstić information content (AvgIpc) is 2.41. The van der Waals surface area contributed by atoms with Crippen molar-refractivity contribution in [2.75, 3.05) is 0 Å². The molecule has 0 saturated carbocycles. The second-order valence-corrected chi connectivity index (χ2v) is 2.92. The van der Waals surface area contributed by atoms with E-state index in [2.05, 4.69) is 4.98 Å². The van der Waals surface area contributed by atoms with Crippen molar-refractivity contribution >= 4 is 17.5 Å². The van der Waals surface area contributed by atoms with Crippen LogP contribution in [0.25, 0.3) is 0 Å². The smallest absolute Gasteiger partial charge is 0.322 e. The second-order valence-electron chi connectivity index (χ2n) is 2.92. The Morgan fingerprint density at radius 3 is 2.50 bits per heavy atom. The quantitative estimate of drug-likeness (QED) is 0.639. The van der Waals surface area contributed by atoms with Crippen molar-refractivity contribution < 1.29 is 19.5 Å². The lowest BCUT2D eigenvalue weighted by Gasteiger charge is -1.96. The Kier molecular flexibility index (Phi) is 1.67. The van der Waals surface area contributed by atoms with Gasteiger partial charge in [0.25, 0.3) is 0 Å². The van der Waals surface area contributed by atoms with Crippen LogP contribution in [0, 0.1) is 5.92 Å². The zero-order valence-electron chi connectivity index (χ0n) is 6.93. The van der Waals surface area contributed by atoms with Crippen LogP contribution in [0.5, 0.6) is 0 Å². The van der Waals surface area contributed by atoms with Crippen LogP contribution < -0.4 is 0 Å². The normalized spacial score (nSPS) is 19.6. The summed E-state index contributed by atoms with van der Waals surface area (Å²) in [6, 6.07) is 1.36.